The van der Waals surface area contributed by atoms with Gasteiger partial charge in [0.2, 0.25) is 5.91 Å². The van der Waals surface area contributed by atoms with E-state index in [1.165, 1.54) is 0 Å². The van der Waals surface area contributed by atoms with Crippen molar-refractivity contribution >= 4 is 11.6 Å². The number of nitrogens with one attached hydrogen (secondary N) is 1. The lowest BCUT2D eigenvalue weighted by molar-refractivity contribution is -0.165. The standard InChI is InChI=1S/C24H27N3O4/c1-16(28)26-13-11-24(12-14-26)27-21(19-5-4-6-22(30-3)23(19)31-24)15-20(25-27)17-7-9-18(29-2)10-8-17/h4-10,15,21,25H,11-14H2,1-3H3/t21-/m0/s1. The Bertz CT molecular complexity index is 1030. The molecule has 1 amide bonds. The number of nitrogens with zero attached hydrogens (tertiary/aromatic N) is 2. The van der Waals surface area contributed by atoms with Gasteiger partial charge in [0, 0.05) is 38.4 Å². The van der Waals surface area contributed by atoms with E-state index < -0.39 is 5.72 Å². The third-order valence-corrected chi connectivity index (χ3v) is 6.51. The molecule has 3 aliphatic heterocycles. The Morgan fingerprint density at radius 3 is 2.48 bits per heavy atom. The van der Waals surface area contributed by atoms with Gasteiger partial charge < -0.3 is 24.5 Å². The van der Waals surface area contributed by atoms with Crippen LogP contribution in [0.1, 0.15) is 36.9 Å². The van der Waals surface area contributed by atoms with Gasteiger partial charge in [-0.05, 0) is 42.0 Å². The van der Waals surface area contributed by atoms with Crippen LogP contribution in [0, 0.1) is 0 Å². The van der Waals surface area contributed by atoms with E-state index in [9.17, 15) is 4.79 Å². The molecule has 3 aliphatic rings. The summed E-state index contributed by atoms with van der Waals surface area (Å²) < 4.78 is 17.6. The molecule has 3 heterocycles. The van der Waals surface area contributed by atoms with Gasteiger partial charge in [-0.1, -0.05) is 12.1 Å². The monoisotopic (exact) mass is 421 g/mol. The molecule has 162 valence electrons. The Morgan fingerprint density at radius 1 is 1.10 bits per heavy atom. The summed E-state index contributed by atoms with van der Waals surface area (Å²) in [5.41, 5.74) is 6.22. The zero-order chi connectivity index (χ0) is 21.6. The fourth-order valence-electron chi connectivity index (χ4n) is 4.77. The van der Waals surface area contributed by atoms with Gasteiger partial charge in [-0.2, -0.15) is 5.01 Å². The number of carbonyl (C=O) groups is 1. The van der Waals surface area contributed by atoms with Crippen LogP contribution in [0.2, 0.25) is 0 Å². The number of likely N-dealkylation sites (tertiary alicyclic amines) is 1. The maximum atomic E-state index is 11.9. The predicted octanol–water partition coefficient (Wildman–Crippen LogP) is 3.34. The SMILES string of the molecule is COc1ccc(C2=C[C@H]3c4cccc(OC)c4OC4(CCN(C(C)=O)CC4)N3N2)cc1. The lowest BCUT2D eigenvalue weighted by Crippen LogP contribution is -2.64. The summed E-state index contributed by atoms with van der Waals surface area (Å²) in [4.78, 5) is 13.8. The first-order valence-electron chi connectivity index (χ1n) is 10.6. The Hall–Kier alpha value is -3.19. The van der Waals surface area contributed by atoms with Crippen LogP contribution in [0.5, 0.6) is 17.2 Å². The molecule has 0 bridgehead atoms. The molecule has 0 aliphatic carbocycles. The van der Waals surface area contributed by atoms with Crippen molar-refractivity contribution in [2.45, 2.75) is 31.5 Å². The molecular formula is C24H27N3O4. The number of hydrogen-bond donors (Lipinski definition) is 1. The molecule has 1 spiro atoms. The van der Waals surface area contributed by atoms with Crippen molar-refractivity contribution in [3.63, 3.8) is 0 Å². The molecule has 1 fully saturated rings. The van der Waals surface area contributed by atoms with E-state index in [0.717, 1.165) is 34.1 Å². The number of piperidine rings is 1. The van der Waals surface area contributed by atoms with Gasteiger partial charge in [-0.15, -0.1) is 0 Å². The van der Waals surface area contributed by atoms with E-state index in [1.54, 1.807) is 21.1 Å². The highest BCUT2D eigenvalue weighted by atomic mass is 16.5. The van der Waals surface area contributed by atoms with Crippen molar-refractivity contribution in [2.75, 3.05) is 27.3 Å². The van der Waals surface area contributed by atoms with Gasteiger partial charge >= 0.3 is 0 Å². The number of amides is 1. The molecule has 1 N–H and O–H groups in total. The van der Waals surface area contributed by atoms with Crippen molar-refractivity contribution in [2.24, 2.45) is 0 Å². The van der Waals surface area contributed by atoms with E-state index in [1.807, 2.05) is 29.2 Å². The van der Waals surface area contributed by atoms with E-state index >= 15 is 0 Å². The molecular weight excluding hydrogens is 394 g/mol. The number of para-hydroxylation sites is 1. The molecule has 5 rings (SSSR count). The summed E-state index contributed by atoms with van der Waals surface area (Å²) in [6, 6.07) is 14.0. The van der Waals surface area contributed by atoms with Gasteiger partial charge in [-0.25, -0.2) is 0 Å². The third kappa shape index (κ3) is 3.20. The highest BCUT2D eigenvalue weighted by Crippen LogP contribution is 2.51. The van der Waals surface area contributed by atoms with E-state index in [2.05, 4.69) is 34.7 Å². The summed E-state index contributed by atoms with van der Waals surface area (Å²) in [7, 11) is 3.34. The molecule has 1 atom stereocenters. The zero-order valence-electron chi connectivity index (χ0n) is 18.1. The van der Waals surface area contributed by atoms with Crippen molar-refractivity contribution in [3.8, 4) is 17.2 Å². The number of ether oxygens (including phenoxy) is 3. The fraction of sp³-hybridized carbons (Fsp3) is 0.375. The predicted molar refractivity (Wildman–Crippen MR) is 117 cm³/mol. The van der Waals surface area contributed by atoms with Crippen molar-refractivity contribution in [3.05, 3.63) is 59.7 Å². The van der Waals surface area contributed by atoms with E-state index in [0.29, 0.717) is 25.9 Å². The second-order valence-electron chi connectivity index (χ2n) is 8.17. The minimum atomic E-state index is -0.566. The van der Waals surface area contributed by atoms with E-state index in [-0.39, 0.29) is 11.9 Å². The molecule has 7 heteroatoms. The summed E-state index contributed by atoms with van der Waals surface area (Å²) in [5, 5.41) is 2.21. The van der Waals surface area contributed by atoms with Crippen LogP contribution in [0.15, 0.2) is 48.5 Å². The minimum Gasteiger partial charge on any atom is -0.497 e. The second-order valence-corrected chi connectivity index (χ2v) is 8.17. The number of hydrazine groups is 1. The highest BCUT2D eigenvalue weighted by molar-refractivity contribution is 5.73. The summed E-state index contributed by atoms with van der Waals surface area (Å²) in [5.74, 6) is 2.45. The average Bonchev–Trinajstić information content (AvgIpc) is 3.26. The first-order valence-corrected chi connectivity index (χ1v) is 10.6. The fourth-order valence-corrected chi connectivity index (χ4v) is 4.77. The van der Waals surface area contributed by atoms with Gasteiger partial charge in [0.15, 0.2) is 17.2 Å². The molecule has 0 aromatic heterocycles. The highest BCUT2D eigenvalue weighted by Gasteiger charge is 2.52. The molecule has 2 aromatic carbocycles. The maximum Gasteiger partial charge on any atom is 0.219 e. The van der Waals surface area contributed by atoms with Crippen LogP contribution in [0.3, 0.4) is 0 Å². The second kappa shape index (κ2) is 7.50. The Labute approximate surface area is 182 Å². The normalized spacial score (nSPS) is 21.5. The van der Waals surface area contributed by atoms with E-state index in [4.69, 9.17) is 14.2 Å². The minimum absolute atomic E-state index is 0.000158. The van der Waals surface area contributed by atoms with Crippen LogP contribution < -0.4 is 19.6 Å². The molecule has 0 radical (unpaired) electrons. The molecule has 0 saturated carbocycles. The van der Waals surface area contributed by atoms with Gasteiger partial charge in [0.05, 0.1) is 26.0 Å². The lowest BCUT2D eigenvalue weighted by atomic mass is 9.92. The summed E-state index contributed by atoms with van der Waals surface area (Å²) in [6.07, 6.45) is 3.65. The molecule has 7 nitrogen and oxygen atoms in total. The quantitative estimate of drug-likeness (QED) is 0.820. The molecule has 31 heavy (non-hydrogen) atoms. The Kier molecular flexibility index (Phi) is 4.78. The Morgan fingerprint density at radius 2 is 1.84 bits per heavy atom. The topological polar surface area (TPSA) is 63.3 Å². The van der Waals surface area contributed by atoms with Crippen LogP contribution >= 0.6 is 0 Å². The summed E-state index contributed by atoms with van der Waals surface area (Å²) in [6.45, 7) is 2.93. The zero-order valence-corrected chi connectivity index (χ0v) is 18.1. The molecule has 1 saturated heterocycles. The average molecular weight is 421 g/mol. The number of methoxy groups -OCH3 is 2. The first-order chi connectivity index (χ1) is 15.0. The van der Waals surface area contributed by atoms with Crippen molar-refractivity contribution in [1.82, 2.24) is 15.3 Å². The van der Waals surface area contributed by atoms with Gasteiger partial charge in [0.1, 0.15) is 5.75 Å². The van der Waals surface area contributed by atoms with Crippen LogP contribution in [-0.2, 0) is 4.79 Å². The maximum absolute atomic E-state index is 11.9. The van der Waals surface area contributed by atoms with Crippen LogP contribution in [-0.4, -0.2) is 48.9 Å². The van der Waals surface area contributed by atoms with Crippen molar-refractivity contribution in [1.29, 1.82) is 0 Å². The number of benzene rings is 2. The smallest absolute Gasteiger partial charge is 0.219 e. The molecule has 2 aromatic rings. The third-order valence-electron chi connectivity index (χ3n) is 6.51. The largest absolute Gasteiger partial charge is 0.497 e. The van der Waals surface area contributed by atoms with Crippen LogP contribution in [0.4, 0.5) is 0 Å². The van der Waals surface area contributed by atoms with Gasteiger partial charge in [0.25, 0.3) is 0 Å². The molecule has 0 unspecified atom stereocenters. The van der Waals surface area contributed by atoms with Gasteiger partial charge in [-0.3, -0.25) is 4.79 Å². The number of rotatable bonds is 3. The number of hydrogen-bond acceptors (Lipinski definition) is 6. The van der Waals surface area contributed by atoms with Crippen molar-refractivity contribution < 1.29 is 19.0 Å². The first kappa shape index (κ1) is 19.8. The number of fused-ring (bicyclic) bond motifs is 4. The Balaban J connectivity index is 1.54. The van der Waals surface area contributed by atoms with Crippen LogP contribution in [0.25, 0.3) is 5.70 Å². The lowest BCUT2D eigenvalue weighted by Gasteiger charge is -2.51. The number of carbonyl (C=O) groups excluding carboxylic acids is 1. The summed E-state index contributed by atoms with van der Waals surface area (Å²) >= 11 is 0.